The third kappa shape index (κ3) is 3.45. The molecule has 2 aromatic carbocycles. The fraction of sp³-hybridized carbons (Fsp3) is 0.143. The van der Waals surface area contributed by atoms with Crippen molar-refractivity contribution in [3.63, 3.8) is 0 Å². The summed E-state index contributed by atoms with van der Waals surface area (Å²) in [5, 5.41) is 12.5. The quantitative estimate of drug-likeness (QED) is 0.423. The summed E-state index contributed by atoms with van der Waals surface area (Å²) < 4.78 is 6.77. The number of hydrogen-bond donors (Lipinski definition) is 3. The molecule has 9 nitrogen and oxygen atoms in total. The molecular formula is C21H17Cl2N7O2. The number of hydrogen-bond acceptors (Lipinski definition) is 7. The summed E-state index contributed by atoms with van der Waals surface area (Å²) in [6, 6.07) is 10.6. The van der Waals surface area contributed by atoms with E-state index in [2.05, 4.69) is 25.2 Å². The van der Waals surface area contributed by atoms with Crippen LogP contribution in [0.4, 0.5) is 17.3 Å². The van der Waals surface area contributed by atoms with E-state index in [4.69, 9.17) is 33.3 Å². The molecule has 0 aliphatic carbocycles. The lowest BCUT2D eigenvalue weighted by atomic mass is 10.2. The second kappa shape index (κ2) is 7.85. The molecule has 0 amide bonds. The molecule has 2 aromatic heterocycles. The van der Waals surface area contributed by atoms with Gasteiger partial charge in [-0.3, -0.25) is 10.4 Å². The summed E-state index contributed by atoms with van der Waals surface area (Å²) in [7, 11) is 2.00. The molecular weight excluding hydrogens is 453 g/mol. The van der Waals surface area contributed by atoms with Crippen molar-refractivity contribution < 1.29 is 4.74 Å². The molecule has 0 saturated heterocycles. The van der Waals surface area contributed by atoms with E-state index in [1.165, 1.54) is 6.20 Å². The van der Waals surface area contributed by atoms with Crippen molar-refractivity contribution in [3.8, 4) is 11.4 Å². The predicted molar refractivity (Wildman–Crippen MR) is 124 cm³/mol. The van der Waals surface area contributed by atoms with Crippen molar-refractivity contribution in [2.24, 2.45) is 0 Å². The molecule has 1 aliphatic rings. The number of aromatic amines is 1. The van der Waals surface area contributed by atoms with Crippen LogP contribution in [0.15, 0.2) is 47.4 Å². The number of rotatable bonds is 3. The number of nitrogens with one attached hydrogen (secondary N) is 3. The Bertz CT molecular complexity index is 1460. The van der Waals surface area contributed by atoms with E-state index in [-0.39, 0.29) is 32.8 Å². The average Bonchev–Trinajstić information content (AvgIpc) is 2.76. The summed E-state index contributed by atoms with van der Waals surface area (Å²) in [4.78, 5) is 26.3. The average molecular weight is 470 g/mol. The fourth-order valence-electron chi connectivity index (χ4n) is 3.56. The molecule has 3 heterocycles. The van der Waals surface area contributed by atoms with Crippen LogP contribution < -0.4 is 26.1 Å². The molecule has 11 heteroatoms. The maximum atomic E-state index is 12.8. The molecule has 0 spiro atoms. The Morgan fingerprint density at radius 3 is 2.78 bits per heavy atom. The standard InChI is InChI=1S/C21H17Cl2N7O2/c1-29-7-8-32-16-6-5-11(9-15(16)29)26-20-25-10-12-18(24)30(21(31)28-19(12)27-20)17-13(22)3-2-4-14(17)23/h2-6,9-10,24H,7-8H2,1H3,(H2,25,26,27,28,31). The van der Waals surface area contributed by atoms with Crippen LogP contribution in [0.2, 0.25) is 10.0 Å². The van der Waals surface area contributed by atoms with Gasteiger partial charge in [0, 0.05) is 18.9 Å². The van der Waals surface area contributed by atoms with Crippen LogP contribution in [-0.4, -0.2) is 39.7 Å². The molecule has 3 N–H and O–H groups in total. The Hall–Kier alpha value is -3.56. The van der Waals surface area contributed by atoms with Gasteiger partial charge in [-0.15, -0.1) is 0 Å². The van der Waals surface area contributed by atoms with Gasteiger partial charge in [-0.2, -0.15) is 4.98 Å². The topological polar surface area (TPSA) is 112 Å². The van der Waals surface area contributed by atoms with Crippen LogP contribution in [-0.2, 0) is 0 Å². The Labute approximate surface area is 191 Å². The molecule has 32 heavy (non-hydrogen) atoms. The highest BCUT2D eigenvalue weighted by Crippen LogP contribution is 2.33. The zero-order chi connectivity index (χ0) is 22.4. The predicted octanol–water partition coefficient (Wildman–Crippen LogP) is 3.47. The SMILES string of the molecule is CN1CCOc2ccc(Nc3ncc4c(=N)n(-c5c(Cl)cccc5Cl)c(=O)[nH]c4n3)cc21. The molecule has 0 unspecified atom stereocenters. The Balaban J connectivity index is 1.55. The van der Waals surface area contributed by atoms with E-state index in [9.17, 15) is 4.79 Å². The van der Waals surface area contributed by atoms with Gasteiger partial charge in [-0.1, -0.05) is 29.3 Å². The van der Waals surface area contributed by atoms with Crippen molar-refractivity contribution >= 4 is 51.6 Å². The zero-order valence-electron chi connectivity index (χ0n) is 16.8. The summed E-state index contributed by atoms with van der Waals surface area (Å²) in [5.41, 5.74) is 1.46. The van der Waals surface area contributed by atoms with Gasteiger partial charge < -0.3 is 15.0 Å². The van der Waals surface area contributed by atoms with Crippen molar-refractivity contribution in [3.05, 3.63) is 68.6 Å². The number of likely N-dealkylation sites (N-methyl/N-ethyl adjacent to an activating group) is 1. The van der Waals surface area contributed by atoms with Crippen LogP contribution in [0.1, 0.15) is 0 Å². The van der Waals surface area contributed by atoms with E-state index in [0.717, 1.165) is 28.2 Å². The van der Waals surface area contributed by atoms with E-state index in [1.54, 1.807) is 18.2 Å². The summed E-state index contributed by atoms with van der Waals surface area (Å²) in [6.07, 6.45) is 1.47. The van der Waals surface area contributed by atoms with Gasteiger partial charge in [0.05, 0.1) is 33.4 Å². The number of H-pyrrole nitrogens is 1. The van der Waals surface area contributed by atoms with Gasteiger partial charge in [-0.05, 0) is 30.3 Å². The minimum atomic E-state index is -0.588. The van der Waals surface area contributed by atoms with Crippen molar-refractivity contribution in [2.75, 3.05) is 30.4 Å². The van der Waals surface area contributed by atoms with E-state index >= 15 is 0 Å². The van der Waals surface area contributed by atoms with Gasteiger partial charge in [0.1, 0.15) is 17.8 Å². The van der Waals surface area contributed by atoms with Crippen molar-refractivity contribution in [1.82, 2.24) is 19.5 Å². The lowest BCUT2D eigenvalue weighted by Crippen LogP contribution is -2.34. The Kier molecular flexibility index (Phi) is 4.99. The Morgan fingerprint density at radius 2 is 2.00 bits per heavy atom. The maximum absolute atomic E-state index is 12.8. The first-order chi connectivity index (χ1) is 15.4. The smallest absolute Gasteiger partial charge is 0.333 e. The molecule has 0 bridgehead atoms. The first-order valence-corrected chi connectivity index (χ1v) is 10.4. The maximum Gasteiger partial charge on any atom is 0.333 e. The summed E-state index contributed by atoms with van der Waals surface area (Å²) in [5.74, 6) is 1.09. The number of benzene rings is 2. The fourth-order valence-corrected chi connectivity index (χ4v) is 4.13. The van der Waals surface area contributed by atoms with E-state index in [0.29, 0.717) is 12.0 Å². The number of halogens is 2. The number of anilines is 3. The molecule has 0 fully saturated rings. The third-order valence-electron chi connectivity index (χ3n) is 5.17. The van der Waals surface area contributed by atoms with E-state index in [1.807, 2.05) is 25.2 Å². The molecule has 0 radical (unpaired) electrons. The minimum Gasteiger partial charge on any atom is -0.490 e. The van der Waals surface area contributed by atoms with Crippen molar-refractivity contribution in [2.45, 2.75) is 0 Å². The lowest BCUT2D eigenvalue weighted by Gasteiger charge is -2.28. The lowest BCUT2D eigenvalue weighted by molar-refractivity contribution is 0.311. The molecule has 1 aliphatic heterocycles. The van der Waals surface area contributed by atoms with Crippen molar-refractivity contribution in [1.29, 1.82) is 5.41 Å². The number of nitrogens with zero attached hydrogens (tertiary/aromatic N) is 4. The number of ether oxygens (including phenoxy) is 1. The molecule has 4 aromatic rings. The second-order valence-corrected chi connectivity index (χ2v) is 8.03. The van der Waals surface area contributed by atoms with Gasteiger partial charge in [0.2, 0.25) is 5.95 Å². The second-order valence-electron chi connectivity index (χ2n) is 7.22. The summed E-state index contributed by atoms with van der Waals surface area (Å²) >= 11 is 12.5. The van der Waals surface area contributed by atoms with Crippen LogP contribution in [0, 0.1) is 5.41 Å². The zero-order valence-corrected chi connectivity index (χ0v) is 18.3. The monoisotopic (exact) mass is 469 g/mol. The minimum absolute atomic E-state index is 0.127. The van der Waals surface area contributed by atoms with Crippen LogP contribution in [0.5, 0.6) is 5.75 Å². The first-order valence-electron chi connectivity index (χ1n) is 9.68. The van der Waals surface area contributed by atoms with Gasteiger partial charge >= 0.3 is 5.69 Å². The largest absolute Gasteiger partial charge is 0.490 e. The number of fused-ring (bicyclic) bond motifs is 2. The first kappa shape index (κ1) is 20.3. The summed E-state index contributed by atoms with van der Waals surface area (Å²) in [6.45, 7) is 1.44. The number of para-hydroxylation sites is 1. The van der Waals surface area contributed by atoms with Crippen LogP contribution in [0.3, 0.4) is 0 Å². The van der Waals surface area contributed by atoms with Gasteiger partial charge in [0.25, 0.3) is 0 Å². The molecule has 162 valence electrons. The van der Waals surface area contributed by atoms with Gasteiger partial charge in [-0.25, -0.2) is 14.3 Å². The highest BCUT2D eigenvalue weighted by Gasteiger charge is 2.17. The highest BCUT2D eigenvalue weighted by atomic mass is 35.5. The third-order valence-corrected chi connectivity index (χ3v) is 5.78. The molecule has 0 saturated carbocycles. The normalized spacial score (nSPS) is 13.0. The van der Waals surface area contributed by atoms with Crippen LogP contribution in [0.25, 0.3) is 16.7 Å². The van der Waals surface area contributed by atoms with Crippen LogP contribution >= 0.6 is 23.2 Å². The number of aromatic nitrogens is 4. The van der Waals surface area contributed by atoms with E-state index < -0.39 is 5.69 Å². The highest BCUT2D eigenvalue weighted by molar-refractivity contribution is 6.37. The molecule has 5 rings (SSSR count). The Morgan fingerprint density at radius 1 is 1.22 bits per heavy atom. The molecule has 0 atom stereocenters. The van der Waals surface area contributed by atoms with Gasteiger partial charge in [0.15, 0.2) is 5.65 Å².